The van der Waals surface area contributed by atoms with Crippen LogP contribution < -0.4 is 5.32 Å². The van der Waals surface area contributed by atoms with Crippen LogP contribution in [-0.2, 0) is 4.79 Å². The molecule has 1 heterocycles. The van der Waals surface area contributed by atoms with Crippen molar-refractivity contribution in [2.24, 2.45) is 0 Å². The van der Waals surface area contributed by atoms with Gasteiger partial charge in [-0.1, -0.05) is 30.3 Å². The Labute approximate surface area is 107 Å². The Morgan fingerprint density at radius 2 is 1.72 bits per heavy atom. The molecular weight excluding hydrogens is 226 g/mol. The predicted molar refractivity (Wildman–Crippen MR) is 71.0 cm³/mol. The molecule has 3 nitrogen and oxygen atoms in total. The summed E-state index contributed by atoms with van der Waals surface area (Å²) in [6, 6.07) is 9.77. The van der Waals surface area contributed by atoms with Gasteiger partial charge in [0, 0.05) is 17.3 Å². The molecule has 0 fully saturated rings. The van der Waals surface area contributed by atoms with E-state index in [0.29, 0.717) is 5.57 Å². The van der Waals surface area contributed by atoms with Gasteiger partial charge in [-0.05, 0) is 31.9 Å². The molecule has 1 unspecified atom stereocenters. The Morgan fingerprint density at radius 3 is 2.28 bits per heavy atom. The van der Waals surface area contributed by atoms with Gasteiger partial charge in [0.25, 0.3) is 0 Å². The number of benzene rings is 1. The van der Waals surface area contributed by atoms with E-state index < -0.39 is 5.97 Å². The minimum Gasteiger partial charge on any atom is -0.478 e. The number of aliphatic carboxylic acids is 1. The Bertz CT molecular complexity index is 541. The molecule has 1 atom stereocenters. The normalized spacial score (nSPS) is 19.8. The molecule has 0 amide bonds. The molecule has 0 aliphatic carbocycles. The van der Waals surface area contributed by atoms with Crippen molar-refractivity contribution >= 4 is 5.97 Å². The van der Waals surface area contributed by atoms with Crippen LogP contribution in [0.4, 0.5) is 0 Å². The van der Waals surface area contributed by atoms with Gasteiger partial charge >= 0.3 is 5.97 Å². The molecule has 1 aliphatic rings. The van der Waals surface area contributed by atoms with Gasteiger partial charge in [-0.25, -0.2) is 4.79 Å². The molecule has 0 radical (unpaired) electrons. The third-order valence-electron chi connectivity index (χ3n) is 3.46. The Morgan fingerprint density at radius 1 is 1.11 bits per heavy atom. The van der Waals surface area contributed by atoms with Crippen molar-refractivity contribution in [1.29, 1.82) is 0 Å². The van der Waals surface area contributed by atoms with Crippen LogP contribution in [0.2, 0.25) is 0 Å². The maximum atomic E-state index is 11.5. The fourth-order valence-corrected chi connectivity index (χ4v) is 2.44. The summed E-state index contributed by atoms with van der Waals surface area (Å²) in [6.45, 7) is 5.78. The lowest BCUT2D eigenvalue weighted by Crippen LogP contribution is -2.27. The van der Waals surface area contributed by atoms with Crippen LogP contribution in [0.3, 0.4) is 0 Å². The van der Waals surface area contributed by atoms with Gasteiger partial charge in [-0.3, -0.25) is 0 Å². The zero-order valence-corrected chi connectivity index (χ0v) is 10.8. The molecule has 1 aromatic rings. The van der Waals surface area contributed by atoms with Gasteiger partial charge in [0.05, 0.1) is 5.57 Å². The summed E-state index contributed by atoms with van der Waals surface area (Å²) in [4.78, 5) is 11.5. The number of dihydropyridines is 1. The lowest BCUT2D eigenvalue weighted by Gasteiger charge is -2.29. The van der Waals surface area contributed by atoms with Crippen LogP contribution in [0.25, 0.3) is 0 Å². The molecular formula is C15H17NO2. The highest BCUT2D eigenvalue weighted by atomic mass is 16.4. The van der Waals surface area contributed by atoms with Gasteiger partial charge in [-0.15, -0.1) is 0 Å². The number of allylic oxidation sites excluding steroid dienone is 3. The van der Waals surface area contributed by atoms with E-state index in [4.69, 9.17) is 0 Å². The molecule has 3 heteroatoms. The number of hydrogen-bond acceptors (Lipinski definition) is 2. The van der Waals surface area contributed by atoms with Gasteiger partial charge in [0.1, 0.15) is 0 Å². The average molecular weight is 243 g/mol. The average Bonchev–Trinajstić information content (AvgIpc) is 2.34. The zero-order valence-electron chi connectivity index (χ0n) is 10.8. The van der Waals surface area contributed by atoms with E-state index in [-0.39, 0.29) is 5.92 Å². The van der Waals surface area contributed by atoms with Gasteiger partial charge in [0.2, 0.25) is 0 Å². The molecule has 2 N–H and O–H groups in total. The first-order valence-corrected chi connectivity index (χ1v) is 5.95. The molecule has 0 bridgehead atoms. The number of carboxylic acids is 1. The Hall–Kier alpha value is -2.03. The van der Waals surface area contributed by atoms with Crippen LogP contribution in [0.5, 0.6) is 0 Å². The van der Waals surface area contributed by atoms with E-state index in [9.17, 15) is 9.90 Å². The summed E-state index contributed by atoms with van der Waals surface area (Å²) >= 11 is 0. The fraction of sp³-hybridized carbons (Fsp3) is 0.267. The minimum absolute atomic E-state index is 0.162. The summed E-state index contributed by atoms with van der Waals surface area (Å²) in [7, 11) is 0. The monoisotopic (exact) mass is 243 g/mol. The highest BCUT2D eigenvalue weighted by Gasteiger charge is 2.30. The second-order valence-corrected chi connectivity index (χ2v) is 4.62. The Balaban J connectivity index is 2.58. The SMILES string of the molecule is CC1=C(C)C(c2ccccc2)C(C(=O)O)=C(C)N1. The van der Waals surface area contributed by atoms with Crippen LogP contribution in [0.15, 0.2) is 52.9 Å². The molecule has 18 heavy (non-hydrogen) atoms. The largest absolute Gasteiger partial charge is 0.478 e. The smallest absolute Gasteiger partial charge is 0.334 e. The topological polar surface area (TPSA) is 49.3 Å². The van der Waals surface area contributed by atoms with E-state index in [1.807, 2.05) is 51.1 Å². The lowest BCUT2D eigenvalue weighted by molar-refractivity contribution is -0.133. The summed E-state index contributed by atoms with van der Waals surface area (Å²) in [5, 5.41) is 12.6. The Kier molecular flexibility index (Phi) is 3.24. The van der Waals surface area contributed by atoms with E-state index in [0.717, 1.165) is 22.5 Å². The van der Waals surface area contributed by atoms with Crippen LogP contribution in [0.1, 0.15) is 32.3 Å². The van der Waals surface area contributed by atoms with Gasteiger partial charge < -0.3 is 10.4 Å². The van der Waals surface area contributed by atoms with Crippen molar-refractivity contribution in [3.05, 3.63) is 58.4 Å². The molecule has 0 spiro atoms. The molecule has 0 saturated heterocycles. The number of hydrogen-bond donors (Lipinski definition) is 2. The first-order chi connectivity index (χ1) is 8.52. The summed E-state index contributed by atoms with van der Waals surface area (Å²) in [5.74, 6) is -1.02. The summed E-state index contributed by atoms with van der Waals surface area (Å²) in [5.41, 5.74) is 4.27. The minimum atomic E-state index is -0.860. The van der Waals surface area contributed by atoms with E-state index in [1.54, 1.807) is 0 Å². The number of carbonyl (C=O) groups is 1. The van der Waals surface area contributed by atoms with Crippen LogP contribution >= 0.6 is 0 Å². The third-order valence-corrected chi connectivity index (χ3v) is 3.46. The second-order valence-electron chi connectivity index (χ2n) is 4.62. The predicted octanol–water partition coefficient (Wildman–Crippen LogP) is 3.03. The first kappa shape index (κ1) is 12.4. The first-order valence-electron chi connectivity index (χ1n) is 5.95. The quantitative estimate of drug-likeness (QED) is 0.839. The van der Waals surface area contributed by atoms with Crippen molar-refractivity contribution in [2.45, 2.75) is 26.7 Å². The third kappa shape index (κ3) is 2.04. The van der Waals surface area contributed by atoms with Gasteiger partial charge in [0.15, 0.2) is 0 Å². The van der Waals surface area contributed by atoms with Gasteiger partial charge in [-0.2, -0.15) is 0 Å². The van der Waals surface area contributed by atoms with Crippen molar-refractivity contribution in [3.63, 3.8) is 0 Å². The molecule has 1 aliphatic heterocycles. The standard InChI is InChI=1S/C15H17NO2/c1-9-10(2)16-11(3)14(15(17)18)13(9)12-7-5-4-6-8-12/h4-8,13,16H,1-3H3,(H,17,18). The van der Waals surface area contributed by atoms with Crippen LogP contribution in [0, 0.1) is 0 Å². The van der Waals surface area contributed by atoms with Crippen molar-refractivity contribution in [1.82, 2.24) is 5.32 Å². The highest BCUT2D eigenvalue weighted by Crippen LogP contribution is 2.37. The molecule has 1 aromatic carbocycles. The number of nitrogens with one attached hydrogen (secondary N) is 1. The van der Waals surface area contributed by atoms with Crippen molar-refractivity contribution in [3.8, 4) is 0 Å². The molecule has 94 valence electrons. The maximum Gasteiger partial charge on any atom is 0.334 e. The zero-order chi connectivity index (χ0) is 13.3. The van der Waals surface area contributed by atoms with Crippen molar-refractivity contribution in [2.75, 3.05) is 0 Å². The lowest BCUT2D eigenvalue weighted by atomic mass is 9.81. The maximum absolute atomic E-state index is 11.5. The highest BCUT2D eigenvalue weighted by molar-refractivity contribution is 5.90. The molecule has 0 saturated carbocycles. The van der Waals surface area contributed by atoms with Crippen LogP contribution in [-0.4, -0.2) is 11.1 Å². The summed E-state index contributed by atoms with van der Waals surface area (Å²) < 4.78 is 0. The second kappa shape index (κ2) is 4.69. The van der Waals surface area contributed by atoms with E-state index in [2.05, 4.69) is 5.32 Å². The number of carboxylic acid groups (broad SMARTS) is 1. The fourth-order valence-electron chi connectivity index (χ4n) is 2.44. The number of rotatable bonds is 2. The van der Waals surface area contributed by atoms with E-state index >= 15 is 0 Å². The molecule has 2 rings (SSSR count). The van der Waals surface area contributed by atoms with E-state index in [1.165, 1.54) is 0 Å². The van der Waals surface area contributed by atoms with Crippen molar-refractivity contribution < 1.29 is 9.90 Å². The molecule has 0 aromatic heterocycles. The summed E-state index contributed by atoms with van der Waals surface area (Å²) in [6.07, 6.45) is 0.